The Kier molecular flexibility index (Phi) is 5.42. The Morgan fingerprint density at radius 2 is 2.20 bits per heavy atom. The van der Waals surface area contributed by atoms with Crippen molar-refractivity contribution in [3.05, 3.63) is 48.2 Å². The number of hydrogen-bond acceptors (Lipinski definition) is 5. The van der Waals surface area contributed by atoms with Gasteiger partial charge >= 0.3 is 0 Å². The van der Waals surface area contributed by atoms with Gasteiger partial charge in [-0.2, -0.15) is 4.98 Å². The fraction of sp³-hybridized carbons (Fsp3) is 0.389. The third kappa shape index (κ3) is 4.65. The highest BCUT2D eigenvalue weighted by Gasteiger charge is 2.25. The molecule has 1 aromatic carbocycles. The van der Waals surface area contributed by atoms with Crippen molar-refractivity contribution in [3.63, 3.8) is 0 Å². The van der Waals surface area contributed by atoms with Gasteiger partial charge in [0.25, 0.3) is 5.91 Å². The maximum absolute atomic E-state index is 13.5. The topological polar surface area (TPSA) is 64.5 Å². The van der Waals surface area contributed by atoms with E-state index < -0.39 is 5.82 Å². The first kappa shape index (κ1) is 17.1. The molecule has 1 fully saturated rings. The summed E-state index contributed by atoms with van der Waals surface area (Å²) in [6.45, 7) is 2.70. The van der Waals surface area contributed by atoms with Crippen LogP contribution in [-0.4, -0.2) is 46.6 Å². The van der Waals surface area contributed by atoms with Crippen molar-refractivity contribution in [2.45, 2.75) is 25.9 Å². The van der Waals surface area contributed by atoms with Crippen LogP contribution in [-0.2, 0) is 4.79 Å². The molecule has 1 aliphatic heterocycles. The fourth-order valence-corrected chi connectivity index (χ4v) is 2.72. The standard InChI is InChI=1S/C18H20FN3O3/c1-13-20-9-8-17(21-13)25-14-5-4-10-22(11-14)18(23)12-24-16-7-3-2-6-15(16)19/h2-3,6-9,14H,4-5,10-12H2,1H3. The number of piperidine rings is 1. The zero-order valence-electron chi connectivity index (χ0n) is 14.0. The van der Waals surface area contributed by atoms with Gasteiger partial charge in [-0.25, -0.2) is 9.37 Å². The Morgan fingerprint density at radius 3 is 3.00 bits per heavy atom. The van der Waals surface area contributed by atoms with E-state index in [1.807, 2.05) is 0 Å². The van der Waals surface area contributed by atoms with Gasteiger partial charge in [-0.1, -0.05) is 12.1 Å². The van der Waals surface area contributed by atoms with E-state index in [1.54, 1.807) is 36.2 Å². The lowest BCUT2D eigenvalue weighted by atomic mass is 10.1. The Labute approximate surface area is 145 Å². The molecule has 1 atom stereocenters. The number of carbonyl (C=O) groups excluding carboxylic acids is 1. The molecule has 2 heterocycles. The molecular formula is C18H20FN3O3. The molecule has 0 radical (unpaired) electrons. The van der Waals surface area contributed by atoms with Gasteiger partial charge in [0.2, 0.25) is 5.88 Å². The summed E-state index contributed by atoms with van der Waals surface area (Å²) in [5, 5.41) is 0. The van der Waals surface area contributed by atoms with E-state index in [2.05, 4.69) is 9.97 Å². The maximum atomic E-state index is 13.5. The second kappa shape index (κ2) is 7.92. The summed E-state index contributed by atoms with van der Waals surface area (Å²) in [6, 6.07) is 7.74. The predicted molar refractivity (Wildman–Crippen MR) is 88.9 cm³/mol. The number of para-hydroxylation sites is 1. The summed E-state index contributed by atoms with van der Waals surface area (Å²) in [5.41, 5.74) is 0. The van der Waals surface area contributed by atoms with Gasteiger partial charge in [-0.3, -0.25) is 4.79 Å². The summed E-state index contributed by atoms with van der Waals surface area (Å²) in [7, 11) is 0. The molecule has 0 N–H and O–H groups in total. The molecule has 1 aromatic heterocycles. The number of halogens is 1. The molecule has 132 valence electrons. The van der Waals surface area contributed by atoms with Crippen molar-refractivity contribution in [1.29, 1.82) is 0 Å². The van der Waals surface area contributed by atoms with Crippen LogP contribution in [0, 0.1) is 12.7 Å². The smallest absolute Gasteiger partial charge is 0.260 e. The third-order valence-electron chi connectivity index (χ3n) is 3.96. The number of aryl methyl sites for hydroxylation is 1. The minimum atomic E-state index is -0.478. The number of amides is 1. The van der Waals surface area contributed by atoms with Gasteiger partial charge in [0.15, 0.2) is 18.2 Å². The minimum Gasteiger partial charge on any atom is -0.481 e. The largest absolute Gasteiger partial charge is 0.481 e. The van der Waals surface area contributed by atoms with Crippen LogP contribution in [0.3, 0.4) is 0 Å². The van der Waals surface area contributed by atoms with Crippen molar-refractivity contribution in [3.8, 4) is 11.6 Å². The predicted octanol–water partition coefficient (Wildman–Crippen LogP) is 2.37. The molecule has 1 saturated heterocycles. The monoisotopic (exact) mass is 345 g/mol. The Balaban J connectivity index is 1.53. The molecule has 0 saturated carbocycles. The van der Waals surface area contributed by atoms with Crippen LogP contribution in [0.4, 0.5) is 4.39 Å². The summed E-state index contributed by atoms with van der Waals surface area (Å²) in [6.07, 6.45) is 3.20. The molecule has 1 amide bonds. The van der Waals surface area contributed by atoms with E-state index in [0.29, 0.717) is 24.8 Å². The average molecular weight is 345 g/mol. The van der Waals surface area contributed by atoms with E-state index in [0.717, 1.165) is 12.8 Å². The highest BCUT2D eigenvalue weighted by molar-refractivity contribution is 5.77. The molecular weight excluding hydrogens is 325 g/mol. The highest BCUT2D eigenvalue weighted by atomic mass is 19.1. The lowest BCUT2D eigenvalue weighted by molar-refractivity contribution is -0.136. The van der Waals surface area contributed by atoms with Crippen molar-refractivity contribution in [2.75, 3.05) is 19.7 Å². The van der Waals surface area contributed by atoms with E-state index >= 15 is 0 Å². The zero-order chi connectivity index (χ0) is 17.6. The second-order valence-electron chi connectivity index (χ2n) is 5.88. The van der Waals surface area contributed by atoms with Crippen LogP contribution < -0.4 is 9.47 Å². The van der Waals surface area contributed by atoms with Crippen LogP contribution in [0.1, 0.15) is 18.7 Å². The van der Waals surface area contributed by atoms with Gasteiger partial charge in [0, 0.05) is 18.8 Å². The van der Waals surface area contributed by atoms with Gasteiger partial charge in [0.1, 0.15) is 11.9 Å². The van der Waals surface area contributed by atoms with Gasteiger partial charge in [-0.15, -0.1) is 0 Å². The van der Waals surface area contributed by atoms with E-state index in [-0.39, 0.29) is 24.4 Å². The summed E-state index contributed by atoms with van der Waals surface area (Å²) >= 11 is 0. The zero-order valence-corrected chi connectivity index (χ0v) is 14.0. The van der Waals surface area contributed by atoms with Gasteiger partial charge in [0.05, 0.1) is 6.54 Å². The number of ether oxygens (including phenoxy) is 2. The molecule has 0 aliphatic carbocycles. The third-order valence-corrected chi connectivity index (χ3v) is 3.96. The van der Waals surface area contributed by atoms with Gasteiger partial charge < -0.3 is 14.4 Å². The van der Waals surface area contributed by atoms with E-state index in [1.165, 1.54) is 12.1 Å². The average Bonchev–Trinajstić information content (AvgIpc) is 2.61. The molecule has 0 bridgehead atoms. The Hall–Kier alpha value is -2.70. The van der Waals surface area contributed by atoms with Crippen LogP contribution in [0.15, 0.2) is 36.5 Å². The summed E-state index contributed by atoms with van der Waals surface area (Å²) < 4.78 is 24.7. The van der Waals surface area contributed by atoms with Crippen LogP contribution in [0.2, 0.25) is 0 Å². The van der Waals surface area contributed by atoms with Crippen LogP contribution in [0.5, 0.6) is 11.6 Å². The van der Waals surface area contributed by atoms with Gasteiger partial charge in [-0.05, 0) is 31.9 Å². The number of rotatable bonds is 5. The van der Waals surface area contributed by atoms with Crippen LogP contribution >= 0.6 is 0 Å². The molecule has 7 heteroatoms. The lowest BCUT2D eigenvalue weighted by Gasteiger charge is -2.32. The molecule has 25 heavy (non-hydrogen) atoms. The SMILES string of the molecule is Cc1nccc(OC2CCCN(C(=O)COc3ccccc3F)C2)n1. The quantitative estimate of drug-likeness (QED) is 0.832. The highest BCUT2D eigenvalue weighted by Crippen LogP contribution is 2.18. The first-order valence-electron chi connectivity index (χ1n) is 8.23. The van der Waals surface area contributed by atoms with Crippen molar-refractivity contribution >= 4 is 5.91 Å². The van der Waals surface area contributed by atoms with E-state index in [4.69, 9.17) is 9.47 Å². The summed E-state index contributed by atoms with van der Waals surface area (Å²) in [4.78, 5) is 22.3. The first-order chi connectivity index (χ1) is 12.1. The van der Waals surface area contributed by atoms with Crippen molar-refractivity contribution < 1.29 is 18.7 Å². The summed E-state index contributed by atoms with van der Waals surface area (Å²) in [5.74, 6) is 0.566. The fourth-order valence-electron chi connectivity index (χ4n) is 2.72. The second-order valence-corrected chi connectivity index (χ2v) is 5.88. The van der Waals surface area contributed by atoms with Crippen LogP contribution in [0.25, 0.3) is 0 Å². The lowest BCUT2D eigenvalue weighted by Crippen LogP contribution is -2.46. The first-order valence-corrected chi connectivity index (χ1v) is 8.23. The molecule has 3 rings (SSSR count). The molecule has 6 nitrogen and oxygen atoms in total. The molecule has 1 aliphatic rings. The number of likely N-dealkylation sites (tertiary alicyclic amines) is 1. The normalized spacial score (nSPS) is 17.2. The number of benzene rings is 1. The number of aromatic nitrogens is 2. The molecule has 0 spiro atoms. The Bertz CT molecular complexity index is 741. The molecule has 2 aromatic rings. The minimum absolute atomic E-state index is 0.0807. The Morgan fingerprint density at radius 1 is 1.36 bits per heavy atom. The maximum Gasteiger partial charge on any atom is 0.260 e. The van der Waals surface area contributed by atoms with Crippen molar-refractivity contribution in [1.82, 2.24) is 14.9 Å². The number of carbonyl (C=O) groups is 1. The number of hydrogen-bond donors (Lipinski definition) is 0. The number of nitrogens with zero attached hydrogens (tertiary/aromatic N) is 3. The molecule has 1 unspecified atom stereocenters. The van der Waals surface area contributed by atoms with E-state index in [9.17, 15) is 9.18 Å². The van der Waals surface area contributed by atoms with Crippen molar-refractivity contribution in [2.24, 2.45) is 0 Å².